The van der Waals surface area contributed by atoms with Crippen molar-refractivity contribution >= 4 is 0 Å². The van der Waals surface area contributed by atoms with Crippen molar-refractivity contribution in [3.63, 3.8) is 0 Å². The summed E-state index contributed by atoms with van der Waals surface area (Å²) in [7, 11) is 0. The molecule has 0 radical (unpaired) electrons. The summed E-state index contributed by atoms with van der Waals surface area (Å²) in [6.45, 7) is 8.34. The predicted molar refractivity (Wildman–Crippen MR) is 103 cm³/mol. The highest BCUT2D eigenvalue weighted by molar-refractivity contribution is 5.37. The molecular formula is C21H26N4O2. The molecule has 1 N–H and O–H groups in total. The third-order valence-corrected chi connectivity index (χ3v) is 5.19. The molecule has 1 aliphatic rings. The summed E-state index contributed by atoms with van der Waals surface area (Å²) in [5, 5.41) is 19.0. The van der Waals surface area contributed by atoms with Crippen LogP contribution in [-0.4, -0.2) is 44.1 Å². The van der Waals surface area contributed by atoms with E-state index < -0.39 is 0 Å². The molecule has 0 spiro atoms. The highest BCUT2D eigenvalue weighted by Crippen LogP contribution is 2.24. The number of hydrogen-bond donors (Lipinski definition) is 1. The van der Waals surface area contributed by atoms with Crippen molar-refractivity contribution in [1.82, 2.24) is 19.8 Å². The van der Waals surface area contributed by atoms with E-state index >= 15 is 0 Å². The normalized spacial score (nSPS) is 20.4. The number of nitrogens with zero attached hydrogens (tertiary/aromatic N) is 4. The van der Waals surface area contributed by atoms with Gasteiger partial charge in [0.15, 0.2) is 0 Å². The fourth-order valence-electron chi connectivity index (χ4n) is 3.98. The van der Waals surface area contributed by atoms with Crippen molar-refractivity contribution in [2.24, 2.45) is 5.92 Å². The van der Waals surface area contributed by atoms with Crippen LogP contribution in [0.3, 0.4) is 0 Å². The minimum atomic E-state index is -0.338. The number of hydrogen-bond acceptors (Lipinski definition) is 5. The van der Waals surface area contributed by atoms with E-state index in [1.54, 1.807) is 0 Å². The van der Waals surface area contributed by atoms with Crippen LogP contribution in [0.2, 0.25) is 0 Å². The number of β-amino-alcohol motifs (C(OH)–C–C–N with tert-alkyl or cyclic N) is 1. The Morgan fingerprint density at radius 1 is 1.11 bits per heavy atom. The number of benzene rings is 1. The monoisotopic (exact) mass is 366 g/mol. The molecule has 3 heterocycles. The van der Waals surface area contributed by atoms with Crippen LogP contribution in [0.15, 0.2) is 40.9 Å². The topological polar surface area (TPSA) is 67.3 Å². The quantitative estimate of drug-likeness (QED) is 0.752. The Morgan fingerprint density at radius 2 is 1.96 bits per heavy atom. The smallest absolute Gasteiger partial charge is 0.137 e. The van der Waals surface area contributed by atoms with Crippen LogP contribution in [-0.2, 0) is 13.0 Å². The molecule has 142 valence electrons. The Bertz CT molecular complexity index is 930. The van der Waals surface area contributed by atoms with Crippen molar-refractivity contribution in [2.75, 3.05) is 13.1 Å². The Labute approximate surface area is 159 Å². The van der Waals surface area contributed by atoms with Gasteiger partial charge in [-0.1, -0.05) is 17.3 Å². The first-order valence-corrected chi connectivity index (χ1v) is 9.43. The number of aliphatic hydroxyl groups excluding tert-OH is 1. The maximum absolute atomic E-state index is 10.5. The van der Waals surface area contributed by atoms with Crippen LogP contribution in [0.5, 0.6) is 0 Å². The van der Waals surface area contributed by atoms with Gasteiger partial charge in [0, 0.05) is 43.7 Å². The molecule has 2 atom stereocenters. The van der Waals surface area contributed by atoms with Crippen LogP contribution in [0, 0.1) is 26.7 Å². The molecule has 0 amide bonds. The third-order valence-electron chi connectivity index (χ3n) is 5.19. The first kappa shape index (κ1) is 17.9. The lowest BCUT2D eigenvalue weighted by Crippen LogP contribution is -2.21. The maximum Gasteiger partial charge on any atom is 0.137 e. The average molecular weight is 366 g/mol. The molecule has 6 nitrogen and oxygen atoms in total. The Morgan fingerprint density at radius 3 is 2.67 bits per heavy atom. The Kier molecular flexibility index (Phi) is 4.85. The number of aliphatic hydroxyl groups is 1. The predicted octanol–water partition coefficient (Wildman–Crippen LogP) is 2.82. The molecule has 1 fully saturated rings. The van der Waals surface area contributed by atoms with Crippen LogP contribution in [0.1, 0.15) is 28.4 Å². The molecule has 1 saturated heterocycles. The van der Waals surface area contributed by atoms with E-state index in [1.807, 2.05) is 24.6 Å². The summed E-state index contributed by atoms with van der Waals surface area (Å²) in [4.78, 5) is 2.30. The fraction of sp³-hybridized carbons (Fsp3) is 0.429. The van der Waals surface area contributed by atoms with Gasteiger partial charge in [-0.2, -0.15) is 5.10 Å². The summed E-state index contributed by atoms with van der Waals surface area (Å²) >= 11 is 0. The second kappa shape index (κ2) is 7.29. The number of aromatic nitrogens is 3. The van der Waals surface area contributed by atoms with Gasteiger partial charge < -0.3 is 9.63 Å². The van der Waals surface area contributed by atoms with Gasteiger partial charge >= 0.3 is 0 Å². The van der Waals surface area contributed by atoms with E-state index in [0.717, 1.165) is 48.0 Å². The first-order chi connectivity index (χ1) is 13.0. The molecule has 27 heavy (non-hydrogen) atoms. The largest absolute Gasteiger partial charge is 0.391 e. The molecule has 1 aromatic carbocycles. The van der Waals surface area contributed by atoms with Gasteiger partial charge in [0.05, 0.1) is 23.2 Å². The van der Waals surface area contributed by atoms with Gasteiger partial charge in [-0.25, -0.2) is 4.68 Å². The lowest BCUT2D eigenvalue weighted by atomic mass is 10.0. The van der Waals surface area contributed by atoms with Crippen LogP contribution in [0.25, 0.3) is 5.69 Å². The van der Waals surface area contributed by atoms with E-state index in [1.165, 1.54) is 5.56 Å². The van der Waals surface area contributed by atoms with Crippen molar-refractivity contribution in [1.29, 1.82) is 0 Å². The standard InChI is InChI=1S/C21H26N4O2/c1-14-7-16(3)25(22-14)19-6-4-5-17(9-19)11-24-12-18(21(26)13-24)10-20-8-15(2)23-27-20/h4-9,18,21,26H,10-13H2,1-3H3/t18-,21+/m1/s1. The second-order valence-corrected chi connectivity index (χ2v) is 7.67. The highest BCUT2D eigenvalue weighted by Gasteiger charge is 2.32. The molecule has 2 aromatic heterocycles. The minimum absolute atomic E-state index is 0.177. The summed E-state index contributed by atoms with van der Waals surface area (Å²) < 4.78 is 7.30. The van der Waals surface area contributed by atoms with Gasteiger partial charge in [0.25, 0.3) is 0 Å². The average Bonchev–Trinajstić information content (AvgIpc) is 3.28. The lowest BCUT2D eigenvalue weighted by molar-refractivity contribution is 0.137. The lowest BCUT2D eigenvalue weighted by Gasteiger charge is -2.16. The third kappa shape index (κ3) is 3.96. The summed E-state index contributed by atoms with van der Waals surface area (Å²) in [6.07, 6.45) is 0.388. The van der Waals surface area contributed by atoms with Crippen LogP contribution in [0.4, 0.5) is 0 Å². The summed E-state index contributed by atoms with van der Waals surface area (Å²) in [6, 6.07) is 12.5. The number of rotatable bonds is 5. The zero-order valence-electron chi connectivity index (χ0n) is 16.1. The summed E-state index contributed by atoms with van der Waals surface area (Å²) in [5.74, 6) is 1.03. The van der Waals surface area contributed by atoms with Crippen molar-refractivity contribution in [3.05, 3.63) is 64.8 Å². The first-order valence-electron chi connectivity index (χ1n) is 9.43. The van der Waals surface area contributed by atoms with Crippen molar-refractivity contribution < 1.29 is 9.63 Å². The highest BCUT2D eigenvalue weighted by atomic mass is 16.5. The molecule has 0 saturated carbocycles. The Balaban J connectivity index is 1.44. The van der Waals surface area contributed by atoms with Crippen LogP contribution >= 0.6 is 0 Å². The minimum Gasteiger partial charge on any atom is -0.391 e. The number of likely N-dealkylation sites (tertiary alicyclic amines) is 1. The molecule has 4 rings (SSSR count). The van der Waals surface area contributed by atoms with Gasteiger partial charge in [-0.3, -0.25) is 4.90 Å². The van der Waals surface area contributed by atoms with E-state index in [9.17, 15) is 5.11 Å². The van der Waals surface area contributed by atoms with Crippen molar-refractivity contribution in [2.45, 2.75) is 39.8 Å². The Hall–Kier alpha value is -2.44. The van der Waals surface area contributed by atoms with Gasteiger partial charge in [0.2, 0.25) is 0 Å². The van der Waals surface area contributed by atoms with Gasteiger partial charge in [0.1, 0.15) is 5.76 Å². The van der Waals surface area contributed by atoms with Gasteiger partial charge in [-0.05, 0) is 44.5 Å². The molecule has 0 unspecified atom stereocenters. The zero-order valence-corrected chi connectivity index (χ0v) is 16.1. The van der Waals surface area contributed by atoms with E-state index in [4.69, 9.17) is 4.52 Å². The molecule has 3 aromatic rings. The summed E-state index contributed by atoms with van der Waals surface area (Å²) in [5.41, 5.74) is 5.33. The molecule has 1 aliphatic heterocycles. The molecule has 6 heteroatoms. The fourth-order valence-corrected chi connectivity index (χ4v) is 3.98. The zero-order chi connectivity index (χ0) is 19.0. The number of aryl methyl sites for hydroxylation is 3. The van der Waals surface area contributed by atoms with Crippen molar-refractivity contribution in [3.8, 4) is 5.69 Å². The molecule has 0 aliphatic carbocycles. The maximum atomic E-state index is 10.5. The SMILES string of the molecule is Cc1cc(C[C@@H]2CN(Cc3cccc(-n4nc(C)cc4C)c3)C[C@@H]2O)on1. The van der Waals surface area contributed by atoms with E-state index in [0.29, 0.717) is 6.54 Å². The van der Waals surface area contributed by atoms with Gasteiger partial charge in [-0.15, -0.1) is 0 Å². The molecular weight excluding hydrogens is 340 g/mol. The second-order valence-electron chi connectivity index (χ2n) is 7.67. The van der Waals surface area contributed by atoms with Crippen LogP contribution < -0.4 is 0 Å². The molecule has 0 bridgehead atoms. The van der Waals surface area contributed by atoms with E-state index in [-0.39, 0.29) is 12.0 Å². The van der Waals surface area contributed by atoms with E-state index in [2.05, 4.69) is 52.4 Å².